The van der Waals surface area contributed by atoms with Crippen molar-refractivity contribution >= 4 is 18.2 Å². The zero-order valence-corrected chi connectivity index (χ0v) is 15.7. The van der Waals surface area contributed by atoms with Gasteiger partial charge in [0.25, 0.3) is 0 Å². The Hall–Kier alpha value is -2.06. The van der Waals surface area contributed by atoms with Crippen molar-refractivity contribution in [3.8, 4) is 5.69 Å². The first-order valence-corrected chi connectivity index (χ1v) is 8.91. The Balaban J connectivity index is 1.70. The number of aryl methyl sites for hydroxylation is 2. The number of quaternary nitrogens is 1. The molecule has 0 unspecified atom stereocenters. The van der Waals surface area contributed by atoms with Gasteiger partial charge in [0.1, 0.15) is 0 Å². The molecule has 7 nitrogen and oxygen atoms in total. The normalized spacial score (nSPS) is 20.4. The van der Waals surface area contributed by atoms with Crippen molar-refractivity contribution in [1.29, 1.82) is 0 Å². The third-order valence-electron chi connectivity index (χ3n) is 4.69. The molecule has 2 aromatic rings. The van der Waals surface area contributed by atoms with E-state index in [0.29, 0.717) is 11.4 Å². The number of hydrogen-bond donors (Lipinski definition) is 1. The molecule has 1 fully saturated rings. The highest BCUT2D eigenvalue weighted by atomic mass is 32.1. The number of aromatic nitrogens is 4. The second-order valence-corrected chi connectivity index (χ2v) is 7.09. The van der Waals surface area contributed by atoms with E-state index in [-0.39, 0.29) is 11.9 Å². The quantitative estimate of drug-likeness (QED) is 0.645. The molecule has 8 heteroatoms. The van der Waals surface area contributed by atoms with E-state index < -0.39 is 0 Å². The summed E-state index contributed by atoms with van der Waals surface area (Å²) in [6, 6.07) is 6.22. The van der Waals surface area contributed by atoms with Crippen molar-refractivity contribution in [2.45, 2.75) is 33.4 Å². The molecule has 1 aromatic carbocycles. The average Bonchev–Trinajstić information content (AvgIpc) is 2.95. The molecule has 1 N–H and O–H groups in total. The first-order valence-electron chi connectivity index (χ1n) is 8.51. The predicted molar refractivity (Wildman–Crippen MR) is 95.1 cm³/mol. The van der Waals surface area contributed by atoms with Crippen molar-refractivity contribution in [3.05, 3.63) is 34.1 Å². The van der Waals surface area contributed by atoms with Gasteiger partial charge in [-0.05, 0) is 59.8 Å². The average molecular weight is 362 g/mol. The smallest absolute Gasteiger partial charge is 0.309 e. The number of tetrazole rings is 1. The van der Waals surface area contributed by atoms with Gasteiger partial charge in [0.2, 0.25) is 4.77 Å². The summed E-state index contributed by atoms with van der Waals surface area (Å²) in [5, 5.41) is 8.46. The molecule has 0 radical (unpaired) electrons. The van der Waals surface area contributed by atoms with Crippen LogP contribution in [0.3, 0.4) is 0 Å². The maximum Gasteiger partial charge on any atom is 0.309 e. The van der Waals surface area contributed by atoms with Crippen LogP contribution in [0.5, 0.6) is 0 Å². The molecule has 0 bridgehead atoms. The molecule has 0 atom stereocenters. The lowest BCUT2D eigenvalue weighted by atomic mass is 9.97. The summed E-state index contributed by atoms with van der Waals surface area (Å²) in [5.74, 6) is -0.0795. The molecule has 0 aliphatic carbocycles. The van der Waals surface area contributed by atoms with Crippen LogP contribution in [0.15, 0.2) is 18.2 Å². The number of carbonyl (C=O) groups is 1. The van der Waals surface area contributed by atoms with Crippen molar-refractivity contribution in [2.24, 2.45) is 5.92 Å². The monoisotopic (exact) mass is 362 g/mol. The van der Waals surface area contributed by atoms with E-state index in [9.17, 15) is 4.79 Å². The highest BCUT2D eigenvalue weighted by Gasteiger charge is 2.28. The van der Waals surface area contributed by atoms with E-state index in [1.165, 1.54) is 23.1 Å². The van der Waals surface area contributed by atoms with Crippen LogP contribution in [0, 0.1) is 24.5 Å². The van der Waals surface area contributed by atoms with E-state index in [0.717, 1.165) is 31.6 Å². The number of hydrogen-bond acceptors (Lipinski definition) is 5. The number of methoxy groups -OCH3 is 1. The van der Waals surface area contributed by atoms with Crippen molar-refractivity contribution in [3.63, 3.8) is 0 Å². The Kier molecular flexibility index (Phi) is 5.29. The van der Waals surface area contributed by atoms with Gasteiger partial charge in [-0.25, -0.2) is 0 Å². The van der Waals surface area contributed by atoms with E-state index >= 15 is 0 Å². The Morgan fingerprint density at radius 2 is 1.88 bits per heavy atom. The minimum Gasteiger partial charge on any atom is -0.469 e. The fourth-order valence-electron chi connectivity index (χ4n) is 3.41. The summed E-state index contributed by atoms with van der Waals surface area (Å²) in [4.78, 5) is 13.0. The second-order valence-electron chi connectivity index (χ2n) is 6.72. The minimum atomic E-state index is -0.101. The summed E-state index contributed by atoms with van der Waals surface area (Å²) in [7, 11) is 1.45. The van der Waals surface area contributed by atoms with Crippen LogP contribution in [0.4, 0.5) is 0 Å². The van der Waals surface area contributed by atoms with Gasteiger partial charge >= 0.3 is 5.97 Å². The lowest BCUT2D eigenvalue weighted by Gasteiger charge is -2.27. The van der Waals surface area contributed by atoms with Crippen LogP contribution in [0.1, 0.15) is 24.0 Å². The molecule has 25 heavy (non-hydrogen) atoms. The molecule has 0 saturated carbocycles. The van der Waals surface area contributed by atoms with Gasteiger partial charge in [0, 0.05) is 12.8 Å². The van der Waals surface area contributed by atoms with Gasteiger partial charge in [0.15, 0.2) is 6.67 Å². The maximum absolute atomic E-state index is 11.6. The van der Waals surface area contributed by atoms with Crippen molar-refractivity contribution < 1.29 is 14.4 Å². The van der Waals surface area contributed by atoms with Crippen LogP contribution in [-0.4, -0.2) is 46.0 Å². The van der Waals surface area contributed by atoms with E-state index in [1.807, 2.05) is 0 Å². The number of piperidine rings is 1. The number of ether oxygens (including phenoxy) is 1. The van der Waals surface area contributed by atoms with Crippen molar-refractivity contribution in [2.75, 3.05) is 20.2 Å². The molecule has 134 valence electrons. The number of likely N-dealkylation sites (tertiary alicyclic amines) is 1. The van der Waals surface area contributed by atoms with Gasteiger partial charge in [-0.1, -0.05) is 6.07 Å². The Morgan fingerprint density at radius 1 is 1.24 bits per heavy atom. The molecule has 1 aliphatic heterocycles. The first-order chi connectivity index (χ1) is 12.0. The minimum absolute atomic E-state index is 0.0210. The molecular formula is C17H24N5O2S+. The fraction of sp³-hybridized carbons (Fsp3) is 0.529. The SMILES string of the molecule is COC(=O)C1CC[NH+](Cn2nnn(-c3cc(C)cc(C)c3)c2=S)CC1. The number of nitrogens with zero attached hydrogens (tertiary/aromatic N) is 4. The summed E-state index contributed by atoms with van der Waals surface area (Å²) in [5.41, 5.74) is 3.28. The highest BCUT2D eigenvalue weighted by molar-refractivity contribution is 7.71. The molecule has 1 saturated heterocycles. The largest absolute Gasteiger partial charge is 0.469 e. The summed E-state index contributed by atoms with van der Waals surface area (Å²) in [6.45, 7) is 6.58. The van der Waals surface area contributed by atoms with Crippen LogP contribution < -0.4 is 4.90 Å². The van der Waals surface area contributed by atoms with E-state index in [1.54, 1.807) is 9.36 Å². The second kappa shape index (κ2) is 7.45. The number of nitrogens with one attached hydrogen (secondary N) is 1. The Bertz CT molecular complexity index is 800. The topological polar surface area (TPSA) is 66.4 Å². The molecule has 0 amide bonds. The van der Waals surface area contributed by atoms with Gasteiger partial charge in [-0.15, -0.1) is 0 Å². The van der Waals surface area contributed by atoms with Crippen molar-refractivity contribution in [1.82, 2.24) is 19.8 Å². The predicted octanol–water partition coefficient (Wildman–Crippen LogP) is 0.841. The Labute approximate surface area is 152 Å². The molecule has 1 aromatic heterocycles. The zero-order valence-electron chi connectivity index (χ0n) is 14.9. The Morgan fingerprint density at radius 3 is 2.48 bits per heavy atom. The van der Waals surface area contributed by atoms with Gasteiger partial charge in [0.05, 0.1) is 31.8 Å². The van der Waals surface area contributed by atoms with E-state index in [4.69, 9.17) is 17.0 Å². The third-order valence-corrected chi connectivity index (χ3v) is 5.07. The van der Waals surface area contributed by atoms with E-state index in [2.05, 4.69) is 42.5 Å². The van der Waals surface area contributed by atoms with Gasteiger partial charge in [-0.2, -0.15) is 9.36 Å². The molecular weight excluding hydrogens is 338 g/mol. The lowest BCUT2D eigenvalue weighted by Crippen LogP contribution is -3.12. The number of carbonyl (C=O) groups excluding carboxylic acids is 1. The third kappa shape index (κ3) is 3.96. The van der Waals surface area contributed by atoms with Crippen LogP contribution in [-0.2, 0) is 16.2 Å². The first kappa shape index (κ1) is 17.8. The molecule has 2 heterocycles. The van der Waals surface area contributed by atoms with Crippen LogP contribution >= 0.6 is 12.2 Å². The summed E-state index contributed by atoms with van der Waals surface area (Å²) < 4.78 is 8.90. The summed E-state index contributed by atoms with van der Waals surface area (Å²) >= 11 is 5.56. The summed E-state index contributed by atoms with van der Waals surface area (Å²) in [6.07, 6.45) is 1.67. The highest BCUT2D eigenvalue weighted by Crippen LogP contribution is 2.13. The zero-order chi connectivity index (χ0) is 18.0. The standard InChI is InChI=1S/C17H23N5O2S/c1-12-8-13(2)10-15(9-12)22-17(25)21(18-19-22)11-20-6-4-14(5-7-20)16(23)24-3/h8-10,14H,4-7,11H2,1-3H3/p+1. The molecule has 1 aliphatic rings. The van der Waals surface area contributed by atoms with Crippen LogP contribution in [0.25, 0.3) is 5.69 Å². The van der Waals surface area contributed by atoms with Gasteiger partial charge < -0.3 is 9.64 Å². The lowest BCUT2D eigenvalue weighted by molar-refractivity contribution is -0.929. The number of rotatable bonds is 4. The maximum atomic E-state index is 11.6. The molecule has 0 spiro atoms. The number of esters is 1. The van der Waals surface area contributed by atoms with Crippen LogP contribution in [0.2, 0.25) is 0 Å². The fourth-order valence-corrected chi connectivity index (χ4v) is 3.65. The molecule has 3 rings (SSSR count). The number of benzene rings is 1. The van der Waals surface area contributed by atoms with Gasteiger partial charge in [-0.3, -0.25) is 4.79 Å².